The highest BCUT2D eigenvalue weighted by atomic mass is 32.2. The minimum atomic E-state index is -0.909. The number of para-hydroxylation sites is 1. The maximum Gasteiger partial charge on any atom is 0.109 e. The van der Waals surface area contributed by atoms with Crippen LogP contribution in [0.5, 0.6) is 0 Å². The molecule has 4 heteroatoms. The van der Waals surface area contributed by atoms with Gasteiger partial charge in [0.1, 0.15) is 5.60 Å². The van der Waals surface area contributed by atoms with Crippen LogP contribution in [0.15, 0.2) is 36.4 Å². The Morgan fingerprint density at radius 3 is 2.57 bits per heavy atom. The lowest BCUT2D eigenvalue weighted by Crippen LogP contribution is -2.47. The van der Waals surface area contributed by atoms with E-state index in [9.17, 15) is 9.32 Å². The molecular formula is C17H19NO2S. The van der Waals surface area contributed by atoms with Crippen LogP contribution in [0.1, 0.15) is 37.8 Å². The van der Waals surface area contributed by atoms with Crippen LogP contribution < -0.4 is 0 Å². The maximum atomic E-state index is 12.3. The van der Waals surface area contributed by atoms with E-state index < -0.39 is 16.4 Å². The summed E-state index contributed by atoms with van der Waals surface area (Å²) in [6.45, 7) is 0. The van der Waals surface area contributed by atoms with E-state index in [-0.39, 0.29) is 10.5 Å². The Hall–Kier alpha value is -1.26. The van der Waals surface area contributed by atoms with Crippen LogP contribution >= 0.6 is 0 Å². The summed E-state index contributed by atoms with van der Waals surface area (Å²) in [5.74, 6) is 0. The Morgan fingerprint density at radius 2 is 1.81 bits per heavy atom. The molecule has 110 valence electrons. The first-order valence-electron chi connectivity index (χ1n) is 7.64. The van der Waals surface area contributed by atoms with Gasteiger partial charge in [0.2, 0.25) is 0 Å². The van der Waals surface area contributed by atoms with E-state index >= 15 is 0 Å². The van der Waals surface area contributed by atoms with Gasteiger partial charge < -0.3 is 5.11 Å². The third-order valence-electron chi connectivity index (χ3n) is 4.92. The van der Waals surface area contributed by atoms with Crippen molar-refractivity contribution in [2.45, 2.75) is 48.2 Å². The summed E-state index contributed by atoms with van der Waals surface area (Å²) in [4.78, 5) is 4.67. The molecule has 1 aromatic heterocycles. The molecule has 0 saturated carbocycles. The maximum absolute atomic E-state index is 12.3. The molecule has 0 radical (unpaired) electrons. The Labute approximate surface area is 126 Å². The van der Waals surface area contributed by atoms with Crippen LogP contribution in [0.3, 0.4) is 0 Å². The highest BCUT2D eigenvalue weighted by molar-refractivity contribution is 7.86. The molecule has 3 nitrogen and oxygen atoms in total. The van der Waals surface area contributed by atoms with E-state index in [0.717, 1.165) is 35.9 Å². The first-order chi connectivity index (χ1) is 10.2. The SMILES string of the molecule is O=S1C2CCCC1CC(O)(c1ccc3ccccc3n1)C2. The van der Waals surface area contributed by atoms with Crippen molar-refractivity contribution in [2.24, 2.45) is 0 Å². The molecule has 2 atom stereocenters. The highest BCUT2D eigenvalue weighted by Crippen LogP contribution is 2.44. The van der Waals surface area contributed by atoms with Crippen molar-refractivity contribution in [2.75, 3.05) is 0 Å². The smallest absolute Gasteiger partial charge is 0.109 e. The number of pyridine rings is 1. The molecule has 2 aliphatic heterocycles. The van der Waals surface area contributed by atoms with Crippen LogP contribution in [0.4, 0.5) is 0 Å². The lowest BCUT2D eigenvalue weighted by molar-refractivity contribution is 0.00278. The number of benzene rings is 1. The molecule has 0 amide bonds. The second-order valence-corrected chi connectivity index (χ2v) is 8.32. The number of rotatable bonds is 1. The lowest BCUT2D eigenvalue weighted by Gasteiger charge is -2.43. The van der Waals surface area contributed by atoms with Gasteiger partial charge in [-0.15, -0.1) is 0 Å². The van der Waals surface area contributed by atoms with Crippen molar-refractivity contribution < 1.29 is 9.32 Å². The van der Waals surface area contributed by atoms with Crippen LogP contribution in [-0.4, -0.2) is 24.8 Å². The standard InChI is InChI=1S/C17H19NO2S/c19-17(10-13-5-3-6-14(11-17)21(13)20)16-9-8-12-4-1-2-7-15(12)18-16/h1-2,4,7-9,13-14,19H,3,5-6,10-11H2. The number of hydrogen-bond donors (Lipinski definition) is 1. The van der Waals surface area contributed by atoms with Crippen molar-refractivity contribution >= 4 is 21.7 Å². The molecule has 2 aliphatic rings. The van der Waals surface area contributed by atoms with Gasteiger partial charge in [0.05, 0.1) is 11.2 Å². The van der Waals surface area contributed by atoms with Crippen LogP contribution in [0.25, 0.3) is 10.9 Å². The van der Waals surface area contributed by atoms with Gasteiger partial charge in [-0.2, -0.15) is 0 Å². The number of fused-ring (bicyclic) bond motifs is 3. The number of aliphatic hydroxyl groups is 1. The van der Waals surface area contributed by atoms with E-state index in [4.69, 9.17) is 0 Å². The molecule has 4 rings (SSSR count). The Bertz CT molecular complexity index is 699. The molecular weight excluding hydrogens is 282 g/mol. The predicted octanol–water partition coefficient (Wildman–Crippen LogP) is 2.89. The second-order valence-electron chi connectivity index (χ2n) is 6.33. The van der Waals surface area contributed by atoms with Gasteiger partial charge in [-0.05, 0) is 37.8 Å². The van der Waals surface area contributed by atoms with E-state index in [1.54, 1.807) is 0 Å². The summed E-state index contributed by atoms with van der Waals surface area (Å²) >= 11 is 0. The monoisotopic (exact) mass is 301 g/mol. The zero-order valence-electron chi connectivity index (χ0n) is 11.9. The third kappa shape index (κ3) is 2.21. The topological polar surface area (TPSA) is 50.2 Å². The van der Waals surface area contributed by atoms with Crippen molar-refractivity contribution in [3.05, 3.63) is 42.1 Å². The predicted molar refractivity (Wildman–Crippen MR) is 84.4 cm³/mol. The largest absolute Gasteiger partial charge is 0.383 e. The van der Waals surface area contributed by atoms with Crippen molar-refractivity contribution in [3.63, 3.8) is 0 Å². The molecule has 2 aromatic rings. The minimum absolute atomic E-state index is 0.135. The molecule has 3 heterocycles. The molecule has 1 N–H and O–H groups in total. The average Bonchev–Trinajstić information content (AvgIpc) is 2.49. The summed E-state index contributed by atoms with van der Waals surface area (Å²) in [5.41, 5.74) is 0.753. The number of nitrogens with zero attached hydrogens (tertiary/aromatic N) is 1. The summed E-state index contributed by atoms with van der Waals surface area (Å²) < 4.78 is 12.3. The zero-order valence-corrected chi connectivity index (χ0v) is 12.7. The first-order valence-corrected chi connectivity index (χ1v) is 8.91. The van der Waals surface area contributed by atoms with E-state index in [0.29, 0.717) is 12.8 Å². The van der Waals surface area contributed by atoms with Crippen molar-refractivity contribution in [1.29, 1.82) is 0 Å². The Balaban J connectivity index is 1.75. The molecule has 2 unspecified atom stereocenters. The van der Waals surface area contributed by atoms with Gasteiger partial charge in [-0.3, -0.25) is 4.21 Å². The molecule has 0 spiro atoms. The minimum Gasteiger partial charge on any atom is -0.383 e. The fourth-order valence-corrected chi connectivity index (χ4v) is 6.04. The molecule has 2 bridgehead atoms. The second kappa shape index (κ2) is 4.89. The number of aromatic nitrogens is 1. The van der Waals surface area contributed by atoms with Gasteiger partial charge in [-0.25, -0.2) is 4.98 Å². The molecule has 2 fully saturated rings. The van der Waals surface area contributed by atoms with E-state index in [1.807, 2.05) is 36.4 Å². The molecule has 1 aromatic carbocycles. The van der Waals surface area contributed by atoms with Crippen LogP contribution in [0, 0.1) is 0 Å². The van der Waals surface area contributed by atoms with Crippen molar-refractivity contribution in [1.82, 2.24) is 4.98 Å². The first kappa shape index (κ1) is 13.4. The Morgan fingerprint density at radius 1 is 1.10 bits per heavy atom. The lowest BCUT2D eigenvalue weighted by atomic mass is 9.83. The molecule has 0 aliphatic carbocycles. The van der Waals surface area contributed by atoms with Gasteiger partial charge in [0.25, 0.3) is 0 Å². The summed E-state index contributed by atoms with van der Waals surface area (Å²) in [6, 6.07) is 11.9. The highest BCUT2D eigenvalue weighted by Gasteiger charge is 2.47. The third-order valence-corrected chi connectivity index (χ3v) is 7.03. The van der Waals surface area contributed by atoms with Gasteiger partial charge in [0, 0.05) is 26.7 Å². The molecule has 21 heavy (non-hydrogen) atoms. The van der Waals surface area contributed by atoms with Crippen molar-refractivity contribution in [3.8, 4) is 0 Å². The van der Waals surface area contributed by atoms with E-state index in [1.165, 1.54) is 0 Å². The zero-order chi connectivity index (χ0) is 14.4. The van der Waals surface area contributed by atoms with Crippen LogP contribution in [-0.2, 0) is 16.4 Å². The Kier molecular flexibility index (Phi) is 3.12. The fourth-order valence-electron chi connectivity index (χ4n) is 3.82. The number of hydrogen-bond acceptors (Lipinski definition) is 3. The normalized spacial score (nSPS) is 35.8. The van der Waals surface area contributed by atoms with E-state index in [2.05, 4.69) is 4.98 Å². The quantitative estimate of drug-likeness (QED) is 0.881. The average molecular weight is 301 g/mol. The summed E-state index contributed by atoms with van der Waals surface area (Å²) in [5, 5.41) is 12.5. The van der Waals surface area contributed by atoms with Crippen LogP contribution in [0.2, 0.25) is 0 Å². The van der Waals surface area contributed by atoms with Gasteiger partial charge >= 0.3 is 0 Å². The van der Waals surface area contributed by atoms with Gasteiger partial charge in [0.15, 0.2) is 0 Å². The molecule has 2 saturated heterocycles. The van der Waals surface area contributed by atoms with Gasteiger partial charge in [-0.1, -0.05) is 30.7 Å². The summed E-state index contributed by atoms with van der Waals surface area (Å²) in [6.07, 6.45) is 4.25. The fraction of sp³-hybridized carbons (Fsp3) is 0.471. The summed E-state index contributed by atoms with van der Waals surface area (Å²) in [7, 11) is -0.771.